The Morgan fingerprint density at radius 2 is 1.79 bits per heavy atom. The van der Waals surface area contributed by atoms with E-state index < -0.39 is 15.6 Å². The Hall–Kier alpha value is -1.35. The monoisotopic (exact) mass is 433 g/mol. The lowest BCUT2D eigenvalue weighted by Crippen LogP contribution is -2.52. The lowest BCUT2D eigenvalue weighted by Gasteiger charge is -2.31. The van der Waals surface area contributed by atoms with Gasteiger partial charge in [-0.25, -0.2) is 8.42 Å². The van der Waals surface area contributed by atoms with Gasteiger partial charge in [-0.05, 0) is 38.0 Å². The Labute approximate surface area is 174 Å². The molecule has 0 aromatic heterocycles. The molecule has 0 radical (unpaired) electrons. The number of carbonyl (C=O) groups excluding carboxylic acids is 1. The number of halogens is 1. The molecule has 0 bridgehead atoms. The molecule has 1 aromatic carbocycles. The highest BCUT2D eigenvalue weighted by molar-refractivity contribution is 7.89. The van der Waals surface area contributed by atoms with Gasteiger partial charge in [-0.3, -0.25) is 4.79 Å². The maximum Gasteiger partial charge on any atom is 0.246 e. The number of benzene rings is 1. The largest absolute Gasteiger partial charge is 0.492 e. The fourth-order valence-electron chi connectivity index (χ4n) is 3.43. The molecule has 1 aliphatic rings. The molecule has 7 nitrogen and oxygen atoms in total. The van der Waals surface area contributed by atoms with Gasteiger partial charge in [-0.2, -0.15) is 4.31 Å². The molecule has 160 valence electrons. The number of hydrogen-bond donors (Lipinski definition) is 2. The van der Waals surface area contributed by atoms with Crippen molar-refractivity contribution in [2.24, 2.45) is 5.73 Å². The van der Waals surface area contributed by atoms with Crippen LogP contribution in [0.1, 0.15) is 52.9 Å². The Kier molecular flexibility index (Phi) is 9.20. The minimum absolute atomic E-state index is 0. The van der Waals surface area contributed by atoms with Crippen molar-refractivity contribution in [2.75, 3.05) is 25.0 Å². The van der Waals surface area contributed by atoms with Gasteiger partial charge in [0.15, 0.2) is 0 Å². The summed E-state index contributed by atoms with van der Waals surface area (Å²) in [5, 5.41) is 2.81. The SMILES string of the molecule is CCOc1ccc(NC(=O)C2(N)CCCCC2)cc1S(=O)(=O)N(CC)CC.Cl. The van der Waals surface area contributed by atoms with E-state index in [-0.39, 0.29) is 29.0 Å². The van der Waals surface area contributed by atoms with Crippen LogP contribution in [0.2, 0.25) is 0 Å². The summed E-state index contributed by atoms with van der Waals surface area (Å²) in [7, 11) is -3.73. The van der Waals surface area contributed by atoms with Gasteiger partial charge < -0.3 is 15.8 Å². The van der Waals surface area contributed by atoms with Gasteiger partial charge in [-0.1, -0.05) is 33.1 Å². The Morgan fingerprint density at radius 1 is 1.18 bits per heavy atom. The van der Waals surface area contributed by atoms with E-state index in [1.54, 1.807) is 32.9 Å². The number of nitrogens with two attached hydrogens (primary N) is 1. The average molecular weight is 434 g/mol. The second kappa shape index (κ2) is 10.4. The van der Waals surface area contributed by atoms with Crippen LogP contribution in [0.4, 0.5) is 5.69 Å². The number of sulfonamides is 1. The summed E-state index contributed by atoms with van der Waals surface area (Å²) in [5.41, 5.74) is 5.79. The zero-order chi connectivity index (χ0) is 20.1. The van der Waals surface area contributed by atoms with Crippen LogP contribution in [0, 0.1) is 0 Å². The van der Waals surface area contributed by atoms with Gasteiger partial charge >= 0.3 is 0 Å². The van der Waals surface area contributed by atoms with Gasteiger partial charge in [0.2, 0.25) is 15.9 Å². The molecule has 9 heteroatoms. The van der Waals surface area contributed by atoms with Crippen molar-refractivity contribution in [3.63, 3.8) is 0 Å². The van der Waals surface area contributed by atoms with Crippen molar-refractivity contribution in [2.45, 2.75) is 63.3 Å². The molecule has 0 saturated heterocycles. The third-order valence-electron chi connectivity index (χ3n) is 5.02. The molecule has 0 unspecified atom stereocenters. The quantitative estimate of drug-likeness (QED) is 0.655. The average Bonchev–Trinajstić information content (AvgIpc) is 2.64. The Bertz CT molecular complexity index is 760. The molecule has 0 atom stereocenters. The number of nitrogens with zero attached hydrogens (tertiary/aromatic N) is 1. The van der Waals surface area contributed by atoms with E-state index in [1.807, 2.05) is 0 Å². The number of ether oxygens (including phenoxy) is 1. The maximum atomic E-state index is 13.0. The van der Waals surface area contributed by atoms with Crippen LogP contribution in [-0.2, 0) is 14.8 Å². The lowest BCUT2D eigenvalue weighted by molar-refractivity contribution is -0.122. The van der Waals surface area contributed by atoms with Crippen LogP contribution in [0.3, 0.4) is 0 Å². The predicted octanol–water partition coefficient (Wildman–Crippen LogP) is 3.14. The van der Waals surface area contributed by atoms with Crippen LogP contribution in [-0.4, -0.2) is 43.9 Å². The number of carbonyl (C=O) groups is 1. The van der Waals surface area contributed by atoms with Crippen molar-refractivity contribution in [3.8, 4) is 5.75 Å². The lowest BCUT2D eigenvalue weighted by atomic mass is 9.82. The van der Waals surface area contributed by atoms with Crippen LogP contribution in [0.25, 0.3) is 0 Å². The van der Waals surface area contributed by atoms with Gasteiger partial charge in [0.05, 0.1) is 12.1 Å². The molecular formula is C19H32ClN3O4S. The zero-order valence-electron chi connectivity index (χ0n) is 16.9. The molecule has 28 heavy (non-hydrogen) atoms. The first-order valence-corrected chi connectivity index (χ1v) is 11.1. The highest BCUT2D eigenvalue weighted by atomic mass is 35.5. The summed E-state index contributed by atoms with van der Waals surface area (Å²) in [6.45, 7) is 6.42. The molecular weight excluding hydrogens is 402 g/mol. The second-order valence-corrected chi connectivity index (χ2v) is 8.76. The standard InChI is InChI=1S/C19H31N3O4S.ClH/c1-4-22(5-2)27(24,25)17-14-15(10-11-16(17)26-6-3)21-18(23)19(20)12-8-7-9-13-19;/h10-11,14H,4-9,12-13,20H2,1-3H3,(H,21,23);1H. The molecule has 2 rings (SSSR count). The molecule has 1 aliphatic carbocycles. The van der Waals surface area contributed by atoms with E-state index in [9.17, 15) is 13.2 Å². The highest BCUT2D eigenvalue weighted by Crippen LogP contribution is 2.32. The fraction of sp³-hybridized carbons (Fsp3) is 0.632. The van der Waals surface area contributed by atoms with Crippen LogP contribution in [0.5, 0.6) is 5.75 Å². The predicted molar refractivity (Wildman–Crippen MR) is 114 cm³/mol. The van der Waals surface area contributed by atoms with Crippen LogP contribution >= 0.6 is 12.4 Å². The van der Waals surface area contributed by atoms with E-state index in [0.717, 1.165) is 19.3 Å². The molecule has 0 spiro atoms. The first kappa shape index (κ1) is 24.7. The minimum atomic E-state index is -3.73. The summed E-state index contributed by atoms with van der Waals surface area (Å²) >= 11 is 0. The first-order valence-electron chi connectivity index (χ1n) is 9.65. The zero-order valence-corrected chi connectivity index (χ0v) is 18.5. The maximum absolute atomic E-state index is 13.0. The molecule has 1 saturated carbocycles. The fourth-order valence-corrected chi connectivity index (χ4v) is 5.05. The summed E-state index contributed by atoms with van der Waals surface area (Å²) < 4.78 is 32.9. The normalized spacial score (nSPS) is 16.3. The number of anilines is 1. The smallest absolute Gasteiger partial charge is 0.246 e. The Morgan fingerprint density at radius 3 is 2.32 bits per heavy atom. The number of rotatable bonds is 8. The minimum Gasteiger partial charge on any atom is -0.492 e. The van der Waals surface area contributed by atoms with Crippen molar-refractivity contribution < 1.29 is 17.9 Å². The van der Waals surface area contributed by atoms with Crippen molar-refractivity contribution in [3.05, 3.63) is 18.2 Å². The number of nitrogens with one attached hydrogen (secondary N) is 1. The van der Waals surface area contributed by atoms with E-state index >= 15 is 0 Å². The van der Waals surface area contributed by atoms with E-state index in [4.69, 9.17) is 10.5 Å². The van der Waals surface area contributed by atoms with E-state index in [2.05, 4.69) is 5.32 Å². The Balaban J connectivity index is 0.00000392. The first-order chi connectivity index (χ1) is 12.8. The summed E-state index contributed by atoms with van der Waals surface area (Å²) in [6.07, 6.45) is 4.21. The topological polar surface area (TPSA) is 102 Å². The van der Waals surface area contributed by atoms with Gasteiger partial charge in [0, 0.05) is 18.8 Å². The van der Waals surface area contributed by atoms with E-state index in [0.29, 0.717) is 38.2 Å². The summed E-state index contributed by atoms with van der Waals surface area (Å²) in [6, 6.07) is 4.69. The summed E-state index contributed by atoms with van der Waals surface area (Å²) in [4.78, 5) is 12.7. The second-order valence-electron chi connectivity index (χ2n) is 6.85. The van der Waals surface area contributed by atoms with Crippen molar-refractivity contribution in [1.82, 2.24) is 4.31 Å². The molecule has 3 N–H and O–H groups in total. The molecule has 1 amide bonds. The van der Waals surface area contributed by atoms with Crippen molar-refractivity contribution in [1.29, 1.82) is 0 Å². The summed E-state index contributed by atoms with van der Waals surface area (Å²) in [5.74, 6) is 0.0140. The van der Waals surface area contributed by atoms with Crippen LogP contribution < -0.4 is 15.8 Å². The third kappa shape index (κ3) is 5.37. The molecule has 0 aliphatic heterocycles. The number of amides is 1. The molecule has 1 fully saturated rings. The van der Waals surface area contributed by atoms with Gasteiger partial charge in [-0.15, -0.1) is 12.4 Å². The van der Waals surface area contributed by atoms with Crippen LogP contribution in [0.15, 0.2) is 23.1 Å². The van der Waals surface area contributed by atoms with Crippen molar-refractivity contribution >= 4 is 34.0 Å². The van der Waals surface area contributed by atoms with E-state index in [1.165, 1.54) is 10.4 Å². The van der Waals surface area contributed by atoms with Gasteiger partial charge in [0.25, 0.3) is 0 Å². The molecule has 0 heterocycles. The third-order valence-corrected chi connectivity index (χ3v) is 7.09. The van der Waals surface area contributed by atoms with Gasteiger partial charge in [0.1, 0.15) is 10.6 Å². The number of hydrogen-bond acceptors (Lipinski definition) is 5. The molecule has 1 aromatic rings. The highest BCUT2D eigenvalue weighted by Gasteiger charge is 2.35.